The van der Waals surface area contributed by atoms with Crippen molar-refractivity contribution < 1.29 is 4.74 Å². The molecule has 28 heavy (non-hydrogen) atoms. The van der Waals surface area contributed by atoms with Crippen LogP contribution in [0, 0.1) is 0 Å². The van der Waals surface area contributed by atoms with Gasteiger partial charge in [0, 0.05) is 15.8 Å². The highest BCUT2D eigenvalue weighted by atomic mass is 79.9. The molecule has 0 aromatic heterocycles. The normalized spacial score (nSPS) is 11.7. The van der Waals surface area contributed by atoms with Crippen LogP contribution in [0.1, 0.15) is 16.7 Å². The Morgan fingerprint density at radius 1 is 0.964 bits per heavy atom. The van der Waals surface area contributed by atoms with Crippen LogP contribution in [0.3, 0.4) is 0 Å². The van der Waals surface area contributed by atoms with Crippen LogP contribution in [0.15, 0.2) is 93.5 Å². The Kier molecular flexibility index (Phi) is 7.70. The second-order valence-electron chi connectivity index (χ2n) is 5.91. The zero-order chi connectivity index (χ0) is 19.6. The molecule has 0 saturated carbocycles. The number of hydrogen-bond acceptors (Lipinski definition) is 4. The summed E-state index contributed by atoms with van der Waals surface area (Å²) < 4.78 is 6.97. The van der Waals surface area contributed by atoms with E-state index in [4.69, 9.17) is 10.5 Å². The van der Waals surface area contributed by atoms with Crippen molar-refractivity contribution in [3.05, 3.63) is 100 Å². The van der Waals surface area contributed by atoms with E-state index in [1.807, 2.05) is 66.7 Å². The van der Waals surface area contributed by atoms with Gasteiger partial charge in [-0.2, -0.15) is 5.10 Å². The van der Waals surface area contributed by atoms with Crippen molar-refractivity contribution in [1.29, 1.82) is 0 Å². The molecule has 0 aliphatic heterocycles. The van der Waals surface area contributed by atoms with Gasteiger partial charge in [0.25, 0.3) is 0 Å². The van der Waals surface area contributed by atoms with Gasteiger partial charge >= 0.3 is 0 Å². The molecule has 0 saturated heterocycles. The molecule has 142 valence electrons. The first-order chi connectivity index (χ1) is 13.7. The lowest BCUT2D eigenvalue weighted by atomic mass is 10.2. The number of ether oxygens (including phenoxy) is 1. The molecule has 6 heteroatoms. The number of amidine groups is 1. The number of thioether (sulfide) groups is 1. The fraction of sp³-hybridized carbons (Fsp3) is 0.0909. The molecule has 0 amide bonds. The summed E-state index contributed by atoms with van der Waals surface area (Å²) in [6.45, 7) is 0.475. The summed E-state index contributed by atoms with van der Waals surface area (Å²) in [6, 6.07) is 25.9. The molecular weight excluding hydrogens is 434 g/mol. The van der Waals surface area contributed by atoms with Crippen molar-refractivity contribution in [2.45, 2.75) is 12.4 Å². The van der Waals surface area contributed by atoms with Gasteiger partial charge in [0.15, 0.2) is 5.17 Å². The van der Waals surface area contributed by atoms with Gasteiger partial charge in [0.05, 0.1) is 6.21 Å². The number of nitrogens with zero attached hydrogens (tertiary/aromatic N) is 2. The quantitative estimate of drug-likeness (QED) is 0.287. The molecule has 4 nitrogen and oxygen atoms in total. The predicted molar refractivity (Wildman–Crippen MR) is 122 cm³/mol. The topological polar surface area (TPSA) is 60.0 Å². The Labute approximate surface area is 177 Å². The third-order valence-electron chi connectivity index (χ3n) is 3.79. The van der Waals surface area contributed by atoms with Crippen molar-refractivity contribution in [3.8, 4) is 5.75 Å². The van der Waals surface area contributed by atoms with E-state index < -0.39 is 0 Å². The summed E-state index contributed by atoms with van der Waals surface area (Å²) in [5, 5.41) is 8.61. The Bertz CT molecular complexity index is 961. The number of hydrogen-bond donors (Lipinski definition) is 1. The van der Waals surface area contributed by atoms with Crippen LogP contribution >= 0.6 is 27.7 Å². The smallest absolute Gasteiger partial charge is 0.180 e. The predicted octanol–water partition coefficient (Wildman–Crippen LogP) is 5.61. The van der Waals surface area contributed by atoms with E-state index >= 15 is 0 Å². The molecule has 3 aromatic rings. The molecule has 0 aliphatic carbocycles. The lowest BCUT2D eigenvalue weighted by molar-refractivity contribution is 0.305. The standard InChI is InChI=1S/C22H20BrN3OS/c23-20-11-6-9-18(13-20)15-27-21-12-5-4-10-19(21)14-25-26-22(24)28-16-17-7-2-1-3-8-17/h1-14H,15-16H2,(H2,24,26). The van der Waals surface area contributed by atoms with E-state index in [1.54, 1.807) is 6.21 Å². The van der Waals surface area contributed by atoms with Crippen LogP contribution in [0.2, 0.25) is 0 Å². The third kappa shape index (κ3) is 6.55. The van der Waals surface area contributed by atoms with Crippen LogP contribution in [0.4, 0.5) is 0 Å². The average Bonchev–Trinajstić information content (AvgIpc) is 2.72. The van der Waals surface area contributed by atoms with E-state index in [0.29, 0.717) is 11.8 Å². The van der Waals surface area contributed by atoms with E-state index in [9.17, 15) is 0 Å². The van der Waals surface area contributed by atoms with Gasteiger partial charge < -0.3 is 10.5 Å². The van der Waals surface area contributed by atoms with Gasteiger partial charge in [-0.05, 0) is 35.4 Å². The van der Waals surface area contributed by atoms with Crippen molar-refractivity contribution in [2.24, 2.45) is 15.9 Å². The van der Waals surface area contributed by atoms with Crippen LogP contribution in [-0.2, 0) is 12.4 Å². The van der Waals surface area contributed by atoms with Crippen LogP contribution in [0.25, 0.3) is 0 Å². The fourth-order valence-electron chi connectivity index (χ4n) is 2.41. The van der Waals surface area contributed by atoms with Crippen LogP contribution < -0.4 is 10.5 Å². The van der Waals surface area contributed by atoms with Gasteiger partial charge in [-0.15, -0.1) is 5.10 Å². The molecule has 0 bridgehead atoms. The molecule has 0 fully saturated rings. The number of nitrogens with two attached hydrogens (primary N) is 1. The minimum atomic E-state index is 0.424. The van der Waals surface area contributed by atoms with E-state index in [2.05, 4.69) is 38.3 Å². The zero-order valence-corrected chi connectivity index (χ0v) is 17.6. The summed E-state index contributed by atoms with van der Waals surface area (Å²) >= 11 is 4.93. The Balaban J connectivity index is 1.59. The largest absolute Gasteiger partial charge is 0.488 e. The van der Waals surface area contributed by atoms with Gasteiger partial charge in [0.1, 0.15) is 12.4 Å². The maximum atomic E-state index is 5.94. The molecule has 0 unspecified atom stereocenters. The monoisotopic (exact) mass is 453 g/mol. The number of para-hydroxylation sites is 1. The first-order valence-corrected chi connectivity index (χ1v) is 10.5. The van der Waals surface area contributed by atoms with Crippen LogP contribution in [-0.4, -0.2) is 11.4 Å². The van der Waals surface area contributed by atoms with E-state index in [-0.39, 0.29) is 0 Å². The maximum Gasteiger partial charge on any atom is 0.180 e. The number of benzene rings is 3. The van der Waals surface area contributed by atoms with Crippen molar-refractivity contribution in [3.63, 3.8) is 0 Å². The molecule has 0 atom stereocenters. The lowest BCUT2D eigenvalue weighted by Gasteiger charge is -2.09. The first kappa shape index (κ1) is 20.2. The number of halogens is 1. The summed E-state index contributed by atoms with van der Waals surface area (Å²) in [7, 11) is 0. The van der Waals surface area contributed by atoms with E-state index in [1.165, 1.54) is 17.3 Å². The van der Waals surface area contributed by atoms with Crippen molar-refractivity contribution in [2.75, 3.05) is 0 Å². The summed E-state index contributed by atoms with van der Waals surface area (Å²) in [4.78, 5) is 0. The average molecular weight is 454 g/mol. The molecule has 2 N–H and O–H groups in total. The molecule has 0 heterocycles. The molecule has 3 rings (SSSR count). The summed E-state index contributed by atoms with van der Waals surface area (Å²) in [5.41, 5.74) is 9.06. The Morgan fingerprint density at radius 2 is 1.71 bits per heavy atom. The first-order valence-electron chi connectivity index (χ1n) is 8.70. The lowest BCUT2D eigenvalue weighted by Crippen LogP contribution is -2.06. The van der Waals surface area contributed by atoms with Crippen molar-refractivity contribution in [1.82, 2.24) is 0 Å². The molecule has 0 aliphatic rings. The fourth-order valence-corrected chi connectivity index (χ4v) is 3.47. The van der Waals surface area contributed by atoms with Gasteiger partial charge in [-0.1, -0.05) is 82.3 Å². The van der Waals surface area contributed by atoms with Gasteiger partial charge in [0.2, 0.25) is 0 Å². The van der Waals surface area contributed by atoms with Gasteiger partial charge in [-0.3, -0.25) is 0 Å². The van der Waals surface area contributed by atoms with Gasteiger partial charge in [-0.25, -0.2) is 0 Å². The second-order valence-corrected chi connectivity index (χ2v) is 7.82. The second kappa shape index (κ2) is 10.7. The highest BCUT2D eigenvalue weighted by Crippen LogP contribution is 2.19. The third-order valence-corrected chi connectivity index (χ3v) is 5.13. The molecular formula is C22H20BrN3OS. The minimum absolute atomic E-state index is 0.424. The van der Waals surface area contributed by atoms with E-state index in [0.717, 1.165) is 27.1 Å². The Morgan fingerprint density at radius 3 is 2.54 bits per heavy atom. The summed E-state index contributed by atoms with van der Waals surface area (Å²) in [6.07, 6.45) is 1.66. The minimum Gasteiger partial charge on any atom is -0.488 e. The highest BCUT2D eigenvalue weighted by Gasteiger charge is 2.02. The maximum absolute atomic E-state index is 5.94. The zero-order valence-electron chi connectivity index (χ0n) is 15.2. The molecule has 0 spiro atoms. The summed E-state index contributed by atoms with van der Waals surface area (Å²) in [5.74, 6) is 1.51. The number of rotatable bonds is 7. The van der Waals surface area contributed by atoms with Crippen LogP contribution in [0.5, 0.6) is 5.75 Å². The highest BCUT2D eigenvalue weighted by molar-refractivity contribution is 9.10. The Hall–Kier alpha value is -2.57. The molecule has 0 radical (unpaired) electrons. The SMILES string of the molecule is NC(=NN=Cc1ccccc1OCc1cccc(Br)c1)SCc1ccccc1. The molecule has 3 aromatic carbocycles. The van der Waals surface area contributed by atoms with Crippen molar-refractivity contribution >= 4 is 39.1 Å².